The first kappa shape index (κ1) is 31.8. The van der Waals surface area contributed by atoms with Crippen molar-refractivity contribution >= 4 is 35.2 Å². The van der Waals surface area contributed by atoms with Crippen molar-refractivity contribution in [2.75, 3.05) is 6.61 Å². The standard InChI is InChI=1S/C32H33FO9S/c1-17-3-4-20(11-21(17)12-23-9-10-28(43-23)19-5-7-22(33)8-6-19)32-26(15-31(39)40)24(13-29(35)36)25(14-30(37)38)27(42-32)16-41-18(2)34/h3-11,24-27,32H,12-16H2,1-2H3,(H,35,36)(H,37,38)(H,39,40)/p-3/t24-,25+,26-,27-,32-/m0/s1. The highest BCUT2D eigenvalue weighted by Gasteiger charge is 2.46. The summed E-state index contributed by atoms with van der Waals surface area (Å²) in [5, 5.41) is 35.3. The maximum absolute atomic E-state index is 13.4. The van der Waals surface area contributed by atoms with Gasteiger partial charge < -0.3 is 39.2 Å². The summed E-state index contributed by atoms with van der Waals surface area (Å²) in [4.78, 5) is 48.9. The van der Waals surface area contributed by atoms with Crippen molar-refractivity contribution in [3.05, 3.63) is 82.0 Å². The van der Waals surface area contributed by atoms with Gasteiger partial charge in [0.25, 0.3) is 0 Å². The van der Waals surface area contributed by atoms with E-state index < -0.39 is 73.1 Å². The lowest BCUT2D eigenvalue weighted by Crippen LogP contribution is -2.50. The summed E-state index contributed by atoms with van der Waals surface area (Å²) in [7, 11) is 0. The minimum absolute atomic E-state index is 0.321. The molecule has 0 radical (unpaired) electrons. The van der Waals surface area contributed by atoms with Crippen molar-refractivity contribution < 1.29 is 48.4 Å². The second-order valence-electron chi connectivity index (χ2n) is 10.8. The highest BCUT2D eigenvalue weighted by molar-refractivity contribution is 7.15. The highest BCUT2D eigenvalue weighted by Crippen LogP contribution is 2.48. The van der Waals surface area contributed by atoms with E-state index in [2.05, 4.69) is 0 Å². The van der Waals surface area contributed by atoms with Gasteiger partial charge in [-0.1, -0.05) is 30.3 Å². The Labute approximate surface area is 251 Å². The summed E-state index contributed by atoms with van der Waals surface area (Å²) in [6.07, 6.45) is -3.36. The number of aliphatic carboxylic acids is 3. The van der Waals surface area contributed by atoms with E-state index in [1.165, 1.54) is 19.1 Å². The molecule has 4 rings (SSSR count). The summed E-state index contributed by atoms with van der Waals surface area (Å²) in [5.41, 5.74) is 3.30. The lowest BCUT2D eigenvalue weighted by atomic mass is 9.68. The van der Waals surface area contributed by atoms with Crippen LogP contribution in [0.15, 0.2) is 54.6 Å². The van der Waals surface area contributed by atoms with Gasteiger partial charge in [0.05, 0.1) is 12.2 Å². The predicted molar refractivity (Wildman–Crippen MR) is 147 cm³/mol. The number of benzene rings is 2. The third-order valence-corrected chi connectivity index (χ3v) is 8.94. The molecular formula is C32H30FO9S-3. The summed E-state index contributed by atoms with van der Waals surface area (Å²) >= 11 is 1.55. The van der Waals surface area contributed by atoms with Gasteiger partial charge in [0, 0.05) is 41.0 Å². The molecule has 2 heterocycles. The number of ether oxygens (including phenoxy) is 2. The third-order valence-electron chi connectivity index (χ3n) is 7.80. The largest absolute Gasteiger partial charge is 0.550 e. The highest BCUT2D eigenvalue weighted by atomic mass is 32.1. The van der Waals surface area contributed by atoms with E-state index in [-0.39, 0.29) is 12.4 Å². The average molecular weight is 610 g/mol. The zero-order valence-corrected chi connectivity index (χ0v) is 24.4. The quantitative estimate of drug-likeness (QED) is 0.279. The average Bonchev–Trinajstić information content (AvgIpc) is 3.39. The number of carboxylic acid groups (broad SMARTS) is 3. The van der Waals surface area contributed by atoms with E-state index in [0.29, 0.717) is 12.0 Å². The number of hydrogen-bond acceptors (Lipinski definition) is 10. The normalized spacial score (nSPS) is 21.7. The lowest BCUT2D eigenvalue weighted by molar-refractivity contribution is -0.318. The molecule has 0 spiro atoms. The van der Waals surface area contributed by atoms with Crippen LogP contribution in [0.2, 0.25) is 0 Å². The molecule has 3 aromatic rings. The number of carboxylic acids is 3. The molecule has 9 nitrogen and oxygen atoms in total. The van der Waals surface area contributed by atoms with Gasteiger partial charge in [0.1, 0.15) is 12.4 Å². The first-order chi connectivity index (χ1) is 20.4. The number of carbonyl (C=O) groups excluding carboxylic acids is 4. The van der Waals surface area contributed by atoms with Crippen molar-refractivity contribution in [3.63, 3.8) is 0 Å². The van der Waals surface area contributed by atoms with E-state index in [1.807, 2.05) is 31.2 Å². The summed E-state index contributed by atoms with van der Waals surface area (Å²) in [6, 6.07) is 15.6. The number of thiophene rings is 1. The van der Waals surface area contributed by atoms with Crippen molar-refractivity contribution in [1.82, 2.24) is 0 Å². The Morgan fingerprint density at radius 3 is 2.12 bits per heavy atom. The van der Waals surface area contributed by atoms with Crippen LogP contribution in [-0.4, -0.2) is 36.6 Å². The molecule has 2 aromatic carbocycles. The molecule has 43 heavy (non-hydrogen) atoms. The Hall–Kier alpha value is -4.09. The molecule has 1 aliphatic heterocycles. The predicted octanol–water partition coefficient (Wildman–Crippen LogP) is 1.73. The van der Waals surface area contributed by atoms with Gasteiger partial charge in [0.15, 0.2) is 0 Å². The zero-order valence-electron chi connectivity index (χ0n) is 23.6. The fourth-order valence-electron chi connectivity index (χ4n) is 5.81. The van der Waals surface area contributed by atoms with Crippen LogP contribution in [0, 0.1) is 30.5 Å². The Balaban J connectivity index is 1.70. The molecule has 0 bridgehead atoms. The van der Waals surface area contributed by atoms with Crippen LogP contribution in [0.1, 0.15) is 53.9 Å². The minimum atomic E-state index is -1.48. The maximum Gasteiger partial charge on any atom is 0.302 e. The summed E-state index contributed by atoms with van der Waals surface area (Å²) < 4.78 is 24.8. The monoisotopic (exact) mass is 609 g/mol. The van der Waals surface area contributed by atoms with Crippen LogP contribution in [0.3, 0.4) is 0 Å². The van der Waals surface area contributed by atoms with Crippen molar-refractivity contribution in [3.8, 4) is 10.4 Å². The van der Waals surface area contributed by atoms with Gasteiger partial charge >= 0.3 is 5.97 Å². The van der Waals surface area contributed by atoms with Gasteiger partial charge in [-0.3, -0.25) is 4.79 Å². The fraction of sp³-hybridized carbons (Fsp3) is 0.375. The minimum Gasteiger partial charge on any atom is -0.550 e. The van der Waals surface area contributed by atoms with Crippen LogP contribution < -0.4 is 15.3 Å². The molecule has 5 atom stereocenters. The van der Waals surface area contributed by atoms with Crippen molar-refractivity contribution in [1.29, 1.82) is 0 Å². The number of aryl methyl sites for hydroxylation is 1. The van der Waals surface area contributed by atoms with Crippen LogP contribution >= 0.6 is 11.3 Å². The zero-order chi connectivity index (χ0) is 31.3. The molecular weight excluding hydrogens is 579 g/mol. The van der Waals surface area contributed by atoms with Gasteiger partial charge in [-0.05, 0) is 90.5 Å². The molecule has 1 saturated heterocycles. The molecule has 1 fully saturated rings. The van der Waals surface area contributed by atoms with Crippen molar-refractivity contribution in [2.45, 2.75) is 51.7 Å². The Kier molecular flexibility index (Phi) is 10.3. The first-order valence-corrected chi connectivity index (χ1v) is 14.5. The molecule has 0 amide bonds. The SMILES string of the molecule is CC(=O)OC[C@@H]1O[C@@H](c2ccc(C)c(Cc3ccc(-c4ccc(F)cc4)s3)c2)[C@@H](CC(=O)[O-])[C@@H](CC(=O)[O-])[C@H]1CC(=O)[O-]. The molecule has 11 heteroatoms. The number of hydrogen-bond donors (Lipinski definition) is 0. The first-order valence-electron chi connectivity index (χ1n) is 13.7. The molecule has 1 aliphatic rings. The molecule has 0 unspecified atom stereocenters. The van der Waals surface area contributed by atoms with Gasteiger partial charge in [-0.2, -0.15) is 0 Å². The Morgan fingerprint density at radius 2 is 1.49 bits per heavy atom. The van der Waals surface area contributed by atoms with E-state index >= 15 is 0 Å². The second kappa shape index (κ2) is 13.9. The second-order valence-corrected chi connectivity index (χ2v) is 11.9. The number of esters is 1. The Morgan fingerprint density at radius 1 is 0.860 bits per heavy atom. The molecule has 228 valence electrons. The molecule has 0 saturated carbocycles. The number of halogens is 1. The van der Waals surface area contributed by atoms with Gasteiger partial charge in [-0.15, -0.1) is 11.3 Å². The van der Waals surface area contributed by atoms with Gasteiger partial charge in [0.2, 0.25) is 0 Å². The van der Waals surface area contributed by atoms with Crippen LogP contribution in [0.5, 0.6) is 0 Å². The van der Waals surface area contributed by atoms with E-state index in [9.17, 15) is 38.9 Å². The van der Waals surface area contributed by atoms with Crippen molar-refractivity contribution in [2.24, 2.45) is 17.8 Å². The van der Waals surface area contributed by atoms with Crippen LogP contribution in [-0.2, 0) is 35.1 Å². The molecule has 0 aliphatic carbocycles. The Bertz CT molecular complexity index is 1480. The smallest absolute Gasteiger partial charge is 0.302 e. The maximum atomic E-state index is 13.4. The van der Waals surface area contributed by atoms with E-state index in [4.69, 9.17) is 9.47 Å². The molecule has 1 aromatic heterocycles. The lowest BCUT2D eigenvalue weighted by Gasteiger charge is -2.48. The topological polar surface area (TPSA) is 156 Å². The van der Waals surface area contributed by atoms with Crippen LogP contribution in [0.4, 0.5) is 4.39 Å². The van der Waals surface area contributed by atoms with E-state index in [0.717, 1.165) is 26.4 Å². The summed E-state index contributed by atoms with van der Waals surface area (Å²) in [5.74, 6) is -8.40. The summed E-state index contributed by atoms with van der Waals surface area (Å²) in [6.45, 7) is 2.74. The molecule has 0 N–H and O–H groups in total. The number of rotatable bonds is 12. The van der Waals surface area contributed by atoms with Gasteiger partial charge in [-0.25, -0.2) is 4.39 Å². The fourth-order valence-corrected chi connectivity index (χ4v) is 6.84. The van der Waals surface area contributed by atoms with Crippen LogP contribution in [0.25, 0.3) is 10.4 Å². The van der Waals surface area contributed by atoms with E-state index in [1.54, 1.807) is 29.5 Å². The number of carbonyl (C=O) groups is 4. The third kappa shape index (κ3) is 8.26.